The van der Waals surface area contributed by atoms with Gasteiger partial charge < -0.3 is 0 Å². The fraction of sp³-hybridized carbons (Fsp3) is 0.778. The Morgan fingerprint density at radius 3 is 2.58 bits per heavy atom. The minimum absolute atomic E-state index is 0.0234. The smallest absolute Gasteiger partial charge is 0.0580 e. The van der Waals surface area contributed by atoms with Gasteiger partial charge in [0.1, 0.15) is 0 Å². The van der Waals surface area contributed by atoms with Crippen LogP contribution in [0, 0.1) is 5.92 Å². The van der Waals surface area contributed by atoms with Crippen molar-refractivity contribution in [1.29, 1.82) is 0 Å². The topological polar surface area (TPSA) is 48.8 Å². The van der Waals surface area contributed by atoms with E-state index < -0.39 is 0 Å². The minimum atomic E-state index is 0.0234. The van der Waals surface area contributed by atoms with Crippen molar-refractivity contribution in [2.45, 2.75) is 38.1 Å². The first-order valence-electron chi connectivity index (χ1n) is 4.55. The molecule has 66 valence electrons. The van der Waals surface area contributed by atoms with Crippen molar-refractivity contribution < 1.29 is 0 Å². The Balaban J connectivity index is 2.51. The predicted octanol–water partition coefficient (Wildman–Crippen LogP) is 3.43. The summed E-state index contributed by atoms with van der Waals surface area (Å²) in [6, 6.07) is 0.0234. The van der Waals surface area contributed by atoms with Gasteiger partial charge in [-0.1, -0.05) is 30.5 Å². The van der Waals surface area contributed by atoms with E-state index in [-0.39, 0.29) is 6.04 Å². The van der Waals surface area contributed by atoms with Crippen LogP contribution in [-0.2, 0) is 0 Å². The largest absolute Gasteiger partial charge is 0.103 e. The van der Waals surface area contributed by atoms with Crippen LogP contribution in [-0.4, -0.2) is 6.04 Å². The highest BCUT2D eigenvalue weighted by atomic mass is 15.1. The lowest BCUT2D eigenvalue weighted by Gasteiger charge is -2.24. The lowest BCUT2D eigenvalue weighted by Crippen LogP contribution is -2.18. The minimum Gasteiger partial charge on any atom is -0.103 e. The van der Waals surface area contributed by atoms with Crippen LogP contribution in [0.4, 0.5) is 0 Å². The lowest BCUT2D eigenvalue weighted by atomic mass is 9.84. The summed E-state index contributed by atoms with van der Waals surface area (Å²) in [5, 5.41) is 3.73. The van der Waals surface area contributed by atoms with Crippen LogP contribution in [0.2, 0.25) is 0 Å². The summed E-state index contributed by atoms with van der Waals surface area (Å²) in [5.41, 5.74) is 8.31. The molecule has 1 aliphatic rings. The molecule has 0 radical (unpaired) electrons. The van der Waals surface area contributed by atoms with Gasteiger partial charge in [-0.3, -0.25) is 0 Å². The summed E-state index contributed by atoms with van der Waals surface area (Å²) in [6.45, 7) is 3.69. The van der Waals surface area contributed by atoms with Gasteiger partial charge in [0.15, 0.2) is 0 Å². The van der Waals surface area contributed by atoms with Crippen LogP contribution in [0.5, 0.6) is 0 Å². The van der Waals surface area contributed by atoms with Crippen molar-refractivity contribution in [2.24, 2.45) is 11.0 Å². The molecule has 12 heavy (non-hydrogen) atoms. The molecule has 1 fully saturated rings. The van der Waals surface area contributed by atoms with E-state index in [4.69, 9.17) is 5.53 Å². The molecule has 0 saturated heterocycles. The monoisotopic (exact) mass is 165 g/mol. The van der Waals surface area contributed by atoms with Crippen LogP contribution < -0.4 is 0 Å². The Morgan fingerprint density at radius 2 is 2.08 bits per heavy atom. The second kappa shape index (κ2) is 4.83. The Bertz CT molecular complexity index is 188. The third-order valence-electron chi connectivity index (χ3n) is 2.56. The molecule has 1 aliphatic carbocycles. The highest BCUT2D eigenvalue weighted by Crippen LogP contribution is 2.28. The van der Waals surface area contributed by atoms with Crippen molar-refractivity contribution in [3.63, 3.8) is 0 Å². The molecule has 1 rings (SSSR count). The molecular weight excluding hydrogens is 150 g/mol. The molecule has 0 aliphatic heterocycles. The summed E-state index contributed by atoms with van der Waals surface area (Å²) in [7, 11) is 0. The van der Waals surface area contributed by atoms with E-state index in [1.54, 1.807) is 6.08 Å². The zero-order valence-electron chi connectivity index (χ0n) is 7.32. The second-order valence-corrected chi connectivity index (χ2v) is 3.33. The van der Waals surface area contributed by atoms with Crippen molar-refractivity contribution in [3.8, 4) is 0 Å². The van der Waals surface area contributed by atoms with Gasteiger partial charge in [0.2, 0.25) is 0 Å². The molecule has 3 heteroatoms. The summed E-state index contributed by atoms with van der Waals surface area (Å²) in [6.07, 6.45) is 8.03. The van der Waals surface area contributed by atoms with Crippen molar-refractivity contribution in [1.82, 2.24) is 0 Å². The fourth-order valence-corrected chi connectivity index (χ4v) is 1.87. The van der Waals surface area contributed by atoms with Gasteiger partial charge in [0, 0.05) is 4.91 Å². The third-order valence-corrected chi connectivity index (χ3v) is 2.56. The molecule has 0 aromatic heterocycles. The summed E-state index contributed by atoms with van der Waals surface area (Å²) >= 11 is 0. The van der Waals surface area contributed by atoms with Gasteiger partial charge >= 0.3 is 0 Å². The number of rotatable bonds is 3. The Labute approximate surface area is 73.1 Å². The van der Waals surface area contributed by atoms with E-state index in [9.17, 15) is 0 Å². The summed E-state index contributed by atoms with van der Waals surface area (Å²) in [5.74, 6) is 0.548. The number of nitrogens with zero attached hydrogens (tertiary/aromatic N) is 3. The molecule has 3 nitrogen and oxygen atoms in total. The van der Waals surface area contributed by atoms with E-state index in [1.807, 2.05) is 0 Å². The van der Waals surface area contributed by atoms with Gasteiger partial charge in [0.25, 0.3) is 0 Å². The first-order valence-corrected chi connectivity index (χ1v) is 4.55. The van der Waals surface area contributed by atoms with Gasteiger partial charge in [0.05, 0.1) is 6.04 Å². The predicted molar refractivity (Wildman–Crippen MR) is 49.7 cm³/mol. The van der Waals surface area contributed by atoms with Crippen LogP contribution in [0.15, 0.2) is 17.8 Å². The fourth-order valence-electron chi connectivity index (χ4n) is 1.87. The van der Waals surface area contributed by atoms with Crippen LogP contribution in [0.3, 0.4) is 0 Å². The summed E-state index contributed by atoms with van der Waals surface area (Å²) in [4.78, 5) is 2.84. The van der Waals surface area contributed by atoms with Crippen LogP contribution in [0.1, 0.15) is 32.1 Å². The molecule has 0 heterocycles. The van der Waals surface area contributed by atoms with E-state index in [1.165, 1.54) is 32.1 Å². The van der Waals surface area contributed by atoms with Gasteiger partial charge in [-0.15, -0.1) is 6.58 Å². The van der Waals surface area contributed by atoms with E-state index >= 15 is 0 Å². The molecule has 0 N–H and O–H groups in total. The van der Waals surface area contributed by atoms with E-state index in [0.717, 1.165) is 0 Å². The first kappa shape index (κ1) is 9.14. The number of hydrogen-bond donors (Lipinski definition) is 0. The second-order valence-electron chi connectivity index (χ2n) is 3.33. The normalized spacial score (nSPS) is 21.0. The van der Waals surface area contributed by atoms with Crippen LogP contribution in [0.25, 0.3) is 10.4 Å². The Kier molecular flexibility index (Phi) is 3.68. The summed E-state index contributed by atoms with van der Waals surface area (Å²) < 4.78 is 0. The Hall–Kier alpha value is -0.950. The molecule has 1 saturated carbocycles. The molecule has 0 aromatic rings. The highest BCUT2D eigenvalue weighted by Gasteiger charge is 2.19. The quantitative estimate of drug-likeness (QED) is 0.266. The maximum absolute atomic E-state index is 8.31. The van der Waals surface area contributed by atoms with Gasteiger partial charge in [-0.05, 0) is 24.3 Å². The zero-order valence-corrected chi connectivity index (χ0v) is 7.32. The van der Waals surface area contributed by atoms with Gasteiger partial charge in [-0.2, -0.15) is 0 Å². The van der Waals surface area contributed by atoms with Crippen LogP contribution >= 0.6 is 0 Å². The van der Waals surface area contributed by atoms with Crippen molar-refractivity contribution >= 4 is 0 Å². The maximum Gasteiger partial charge on any atom is 0.0580 e. The molecule has 0 amide bonds. The maximum atomic E-state index is 8.31. The van der Waals surface area contributed by atoms with E-state index in [2.05, 4.69) is 16.6 Å². The average Bonchev–Trinajstić information content (AvgIpc) is 2.15. The van der Waals surface area contributed by atoms with E-state index in [0.29, 0.717) is 5.92 Å². The Morgan fingerprint density at radius 1 is 1.42 bits per heavy atom. The number of azide groups is 1. The molecule has 1 atom stereocenters. The third kappa shape index (κ3) is 2.28. The first-order chi connectivity index (χ1) is 5.88. The van der Waals surface area contributed by atoms with Gasteiger partial charge in [-0.25, -0.2) is 0 Å². The SMILES string of the molecule is C=CC(N=[N+]=[N-])C1CCCCC1. The highest BCUT2D eigenvalue weighted by molar-refractivity contribution is 4.92. The number of hydrogen-bond acceptors (Lipinski definition) is 1. The molecule has 0 spiro atoms. The van der Waals surface area contributed by atoms with Crippen molar-refractivity contribution in [2.75, 3.05) is 0 Å². The lowest BCUT2D eigenvalue weighted by molar-refractivity contribution is 0.332. The zero-order chi connectivity index (χ0) is 8.81. The molecule has 0 aromatic carbocycles. The average molecular weight is 165 g/mol. The van der Waals surface area contributed by atoms with Crippen molar-refractivity contribution in [3.05, 3.63) is 23.1 Å². The molecule has 1 unspecified atom stereocenters. The molecular formula is C9H15N3. The standard InChI is InChI=1S/C9H15N3/c1-2-9(11-12-10)8-6-4-3-5-7-8/h2,8-9H,1,3-7H2. The molecule has 0 bridgehead atoms.